The molecule has 0 aliphatic carbocycles. The molecule has 0 aliphatic rings. The van der Waals surface area contributed by atoms with Crippen molar-refractivity contribution in [3.8, 4) is 10.4 Å². The van der Waals surface area contributed by atoms with Gasteiger partial charge in [-0.25, -0.2) is 4.79 Å². The van der Waals surface area contributed by atoms with Gasteiger partial charge in [-0.1, -0.05) is 47.5 Å². The van der Waals surface area contributed by atoms with Crippen molar-refractivity contribution in [1.82, 2.24) is 0 Å². The van der Waals surface area contributed by atoms with E-state index in [2.05, 4.69) is 5.32 Å². The number of aryl methyl sites for hydroxylation is 2. The summed E-state index contributed by atoms with van der Waals surface area (Å²) < 4.78 is 1.03. The zero-order valence-electron chi connectivity index (χ0n) is 15.3. The highest BCUT2D eigenvalue weighted by molar-refractivity contribution is 7.21. The Morgan fingerprint density at radius 2 is 1.68 bits per heavy atom. The Balaban J connectivity index is 1.67. The molecule has 2 heterocycles. The van der Waals surface area contributed by atoms with Gasteiger partial charge in [0.15, 0.2) is 0 Å². The maximum atomic E-state index is 12.7. The third-order valence-electron chi connectivity index (χ3n) is 4.46. The molecule has 2 aromatic heterocycles. The number of amides is 1. The fourth-order valence-corrected chi connectivity index (χ4v) is 4.98. The van der Waals surface area contributed by atoms with Gasteiger partial charge in [-0.2, -0.15) is 0 Å². The fraction of sp³-hybridized carbons (Fsp3) is 0.0909. The van der Waals surface area contributed by atoms with E-state index >= 15 is 0 Å². The smallest absolute Gasteiger partial charge is 0.339 e. The van der Waals surface area contributed by atoms with Crippen LogP contribution in [0.2, 0.25) is 0 Å². The van der Waals surface area contributed by atoms with Crippen molar-refractivity contribution in [3.05, 3.63) is 75.5 Å². The number of rotatable bonds is 4. The molecule has 0 radical (unpaired) electrons. The van der Waals surface area contributed by atoms with Gasteiger partial charge in [-0.15, -0.1) is 22.7 Å². The summed E-state index contributed by atoms with van der Waals surface area (Å²) in [4.78, 5) is 25.8. The van der Waals surface area contributed by atoms with E-state index in [1.165, 1.54) is 22.7 Å². The van der Waals surface area contributed by atoms with Gasteiger partial charge in [0.25, 0.3) is 5.91 Å². The molecule has 0 atom stereocenters. The molecular weight excluding hydrogens is 390 g/mol. The molecule has 4 aromatic rings. The minimum atomic E-state index is -1.06. The van der Waals surface area contributed by atoms with E-state index in [0.717, 1.165) is 26.8 Å². The maximum absolute atomic E-state index is 12.7. The minimum absolute atomic E-state index is 0.124. The van der Waals surface area contributed by atoms with Crippen molar-refractivity contribution < 1.29 is 14.7 Å². The Labute approximate surface area is 170 Å². The summed E-state index contributed by atoms with van der Waals surface area (Å²) >= 11 is 2.71. The molecule has 0 fully saturated rings. The second kappa shape index (κ2) is 7.22. The van der Waals surface area contributed by atoms with E-state index in [9.17, 15) is 14.7 Å². The zero-order chi connectivity index (χ0) is 19.8. The SMILES string of the molecule is Cc1ccc(-c2scc(NC(=O)c3cc4cc(C)ccc4s3)c2C(=O)O)cc1. The number of nitrogens with one attached hydrogen (secondary N) is 1. The van der Waals surface area contributed by atoms with Crippen LogP contribution in [0.25, 0.3) is 20.5 Å². The number of carboxylic acids is 1. The van der Waals surface area contributed by atoms with Gasteiger partial charge in [-0.3, -0.25) is 4.79 Å². The van der Waals surface area contributed by atoms with Crippen LogP contribution in [-0.2, 0) is 0 Å². The lowest BCUT2D eigenvalue weighted by atomic mass is 10.1. The Morgan fingerprint density at radius 1 is 0.964 bits per heavy atom. The van der Waals surface area contributed by atoms with E-state index in [0.29, 0.717) is 15.4 Å². The summed E-state index contributed by atoms with van der Waals surface area (Å²) in [6, 6.07) is 15.6. The van der Waals surface area contributed by atoms with Gasteiger partial charge in [-0.05, 0) is 36.9 Å². The lowest BCUT2D eigenvalue weighted by molar-refractivity contribution is 0.0699. The van der Waals surface area contributed by atoms with Crippen LogP contribution in [0.5, 0.6) is 0 Å². The molecular formula is C22H17NO3S2. The third-order valence-corrected chi connectivity index (χ3v) is 6.61. The normalized spacial score (nSPS) is 10.9. The van der Waals surface area contributed by atoms with Crippen molar-refractivity contribution in [1.29, 1.82) is 0 Å². The third kappa shape index (κ3) is 3.44. The number of carbonyl (C=O) groups excluding carboxylic acids is 1. The Hall–Kier alpha value is -2.96. The first-order chi connectivity index (χ1) is 13.4. The summed E-state index contributed by atoms with van der Waals surface area (Å²) in [5.74, 6) is -1.35. The molecule has 0 saturated carbocycles. The number of hydrogen-bond donors (Lipinski definition) is 2. The molecule has 6 heteroatoms. The molecule has 1 amide bonds. The van der Waals surface area contributed by atoms with Crippen molar-refractivity contribution in [2.45, 2.75) is 13.8 Å². The summed E-state index contributed by atoms with van der Waals surface area (Å²) in [5, 5.41) is 15.2. The van der Waals surface area contributed by atoms with Gasteiger partial charge < -0.3 is 10.4 Å². The van der Waals surface area contributed by atoms with E-state index in [-0.39, 0.29) is 11.5 Å². The number of carboxylic acid groups (broad SMARTS) is 1. The maximum Gasteiger partial charge on any atom is 0.339 e. The highest BCUT2D eigenvalue weighted by Gasteiger charge is 2.22. The number of hydrogen-bond acceptors (Lipinski definition) is 4. The first kappa shape index (κ1) is 18.4. The fourth-order valence-electron chi connectivity index (χ4n) is 3.04. The number of carbonyl (C=O) groups is 2. The van der Waals surface area contributed by atoms with E-state index in [4.69, 9.17) is 0 Å². The largest absolute Gasteiger partial charge is 0.478 e. The van der Waals surface area contributed by atoms with Crippen LogP contribution < -0.4 is 5.32 Å². The molecule has 0 bridgehead atoms. The van der Waals surface area contributed by atoms with Crippen LogP contribution in [0, 0.1) is 13.8 Å². The number of thiophene rings is 2. The Bertz CT molecular complexity index is 1200. The second-order valence-corrected chi connectivity index (χ2v) is 8.59. The monoisotopic (exact) mass is 407 g/mol. The molecule has 0 unspecified atom stereocenters. The number of anilines is 1. The van der Waals surface area contributed by atoms with Gasteiger partial charge in [0.2, 0.25) is 0 Å². The topological polar surface area (TPSA) is 66.4 Å². The molecule has 0 spiro atoms. The Morgan fingerprint density at radius 3 is 2.39 bits per heavy atom. The average molecular weight is 408 g/mol. The van der Waals surface area contributed by atoms with Crippen LogP contribution in [0.4, 0.5) is 5.69 Å². The summed E-state index contributed by atoms with van der Waals surface area (Å²) in [7, 11) is 0. The second-order valence-electron chi connectivity index (χ2n) is 6.63. The Kier molecular flexibility index (Phi) is 4.75. The predicted molar refractivity (Wildman–Crippen MR) is 116 cm³/mol. The van der Waals surface area contributed by atoms with Gasteiger partial charge in [0, 0.05) is 10.1 Å². The minimum Gasteiger partial charge on any atom is -0.478 e. The number of fused-ring (bicyclic) bond motifs is 1. The predicted octanol–water partition coefficient (Wildman–Crippen LogP) is 6.20. The molecule has 0 saturated heterocycles. The summed E-state index contributed by atoms with van der Waals surface area (Å²) in [6.45, 7) is 3.99. The van der Waals surface area contributed by atoms with Crippen LogP contribution in [-0.4, -0.2) is 17.0 Å². The molecule has 2 N–H and O–H groups in total. The number of aromatic carboxylic acids is 1. The highest BCUT2D eigenvalue weighted by Crippen LogP contribution is 2.37. The standard InChI is InChI=1S/C22H17NO3S2/c1-12-3-6-14(7-4-12)20-19(22(25)26)16(11-27-20)23-21(24)18-10-15-9-13(2)5-8-17(15)28-18/h3-11H,1-2H3,(H,23,24)(H,25,26). The lowest BCUT2D eigenvalue weighted by Gasteiger charge is -2.05. The van der Waals surface area contributed by atoms with Crippen molar-refractivity contribution >= 4 is 50.3 Å². The van der Waals surface area contributed by atoms with Crippen LogP contribution in [0.3, 0.4) is 0 Å². The van der Waals surface area contributed by atoms with Crippen LogP contribution in [0.1, 0.15) is 31.2 Å². The van der Waals surface area contributed by atoms with Crippen LogP contribution >= 0.6 is 22.7 Å². The molecule has 4 rings (SSSR count). The summed E-state index contributed by atoms with van der Waals surface area (Å²) in [6.07, 6.45) is 0. The van der Waals surface area contributed by atoms with Crippen molar-refractivity contribution in [2.75, 3.05) is 5.32 Å². The molecule has 28 heavy (non-hydrogen) atoms. The van der Waals surface area contributed by atoms with Crippen molar-refractivity contribution in [2.24, 2.45) is 0 Å². The van der Waals surface area contributed by atoms with Gasteiger partial charge in [0.05, 0.1) is 15.4 Å². The molecule has 0 aliphatic heterocycles. The van der Waals surface area contributed by atoms with Crippen molar-refractivity contribution in [3.63, 3.8) is 0 Å². The van der Waals surface area contributed by atoms with Gasteiger partial charge >= 0.3 is 5.97 Å². The molecule has 2 aromatic carbocycles. The first-order valence-electron chi connectivity index (χ1n) is 8.66. The van der Waals surface area contributed by atoms with E-state index in [1.54, 1.807) is 5.38 Å². The highest BCUT2D eigenvalue weighted by atomic mass is 32.1. The summed E-state index contributed by atoms with van der Waals surface area (Å²) in [5.41, 5.74) is 3.51. The number of benzene rings is 2. The van der Waals surface area contributed by atoms with E-state index in [1.807, 2.05) is 62.4 Å². The van der Waals surface area contributed by atoms with Gasteiger partial charge in [0.1, 0.15) is 5.56 Å². The van der Waals surface area contributed by atoms with Crippen LogP contribution in [0.15, 0.2) is 53.9 Å². The lowest BCUT2D eigenvalue weighted by Crippen LogP contribution is -2.12. The van der Waals surface area contributed by atoms with E-state index < -0.39 is 5.97 Å². The first-order valence-corrected chi connectivity index (χ1v) is 10.4. The molecule has 4 nitrogen and oxygen atoms in total. The molecule has 140 valence electrons. The average Bonchev–Trinajstić information content (AvgIpc) is 3.26. The zero-order valence-corrected chi connectivity index (χ0v) is 16.9. The quantitative estimate of drug-likeness (QED) is 0.423.